The van der Waals surface area contributed by atoms with Gasteiger partial charge in [-0.3, -0.25) is 0 Å². The van der Waals surface area contributed by atoms with Crippen LogP contribution in [0.3, 0.4) is 0 Å². The molecule has 0 atom stereocenters. The Kier molecular flexibility index (Phi) is 7.01. The smallest absolute Gasteiger partial charge is 0.337 e. The largest absolute Gasteiger partial charge is 0.418 e. The summed E-state index contributed by atoms with van der Waals surface area (Å²) in [4.78, 5) is 11.8. The quantitative estimate of drug-likeness (QED) is 0.649. The summed E-state index contributed by atoms with van der Waals surface area (Å²) in [7, 11) is 0. The number of carbonyl (C=O) groups is 1. The number of carbonyl (C=O) groups excluding carboxylic acids is 1. The van der Waals surface area contributed by atoms with E-state index in [1.54, 1.807) is 11.8 Å². The summed E-state index contributed by atoms with van der Waals surface area (Å²) >= 11 is 7.22. The van der Waals surface area contributed by atoms with Gasteiger partial charge in [-0.05, 0) is 23.8 Å². The second-order valence-electron chi connectivity index (χ2n) is 5.11. The second-order valence-corrected chi connectivity index (χ2v) is 6.65. The zero-order chi connectivity index (χ0) is 18.3. The lowest BCUT2D eigenvalue weighted by molar-refractivity contribution is -0.136. The van der Waals surface area contributed by atoms with Gasteiger partial charge in [0.15, 0.2) is 0 Å². The molecule has 2 aromatic carbocycles. The fourth-order valence-electron chi connectivity index (χ4n) is 2.03. The second kappa shape index (κ2) is 9.01. The molecule has 0 saturated heterocycles. The van der Waals surface area contributed by atoms with Crippen molar-refractivity contribution in [3.05, 3.63) is 64.7 Å². The summed E-state index contributed by atoms with van der Waals surface area (Å²) in [6.45, 7) is 0.346. The van der Waals surface area contributed by atoms with Gasteiger partial charge in [-0.2, -0.15) is 24.9 Å². The van der Waals surface area contributed by atoms with Crippen molar-refractivity contribution in [2.24, 2.45) is 0 Å². The van der Waals surface area contributed by atoms with Crippen LogP contribution in [0, 0.1) is 0 Å². The molecule has 134 valence electrons. The van der Waals surface area contributed by atoms with E-state index in [1.807, 2.05) is 30.3 Å². The molecule has 0 aliphatic rings. The Hall–Kier alpha value is -1.86. The van der Waals surface area contributed by atoms with Crippen LogP contribution in [0.1, 0.15) is 11.1 Å². The Labute approximate surface area is 152 Å². The average molecular weight is 389 g/mol. The van der Waals surface area contributed by atoms with Crippen LogP contribution in [0.15, 0.2) is 48.5 Å². The van der Waals surface area contributed by atoms with E-state index in [1.165, 1.54) is 11.6 Å². The summed E-state index contributed by atoms with van der Waals surface area (Å²) < 4.78 is 38.9. The number of thioether (sulfide) groups is 1. The van der Waals surface area contributed by atoms with Crippen LogP contribution >= 0.6 is 23.4 Å². The highest BCUT2D eigenvalue weighted by Crippen LogP contribution is 2.36. The van der Waals surface area contributed by atoms with Crippen molar-refractivity contribution in [2.45, 2.75) is 11.9 Å². The molecule has 2 aromatic rings. The molecule has 0 fully saturated rings. The molecule has 0 saturated carbocycles. The molecule has 8 heteroatoms. The van der Waals surface area contributed by atoms with Crippen LogP contribution in [0.5, 0.6) is 0 Å². The predicted molar refractivity (Wildman–Crippen MR) is 96.1 cm³/mol. The molecule has 0 aromatic heterocycles. The minimum atomic E-state index is -4.60. The molecule has 0 unspecified atom stereocenters. The Morgan fingerprint density at radius 2 is 1.84 bits per heavy atom. The molecule has 0 heterocycles. The maximum Gasteiger partial charge on any atom is 0.418 e. The number of anilines is 1. The van der Waals surface area contributed by atoms with Crippen LogP contribution in [0.25, 0.3) is 0 Å². The minimum Gasteiger partial charge on any atom is -0.337 e. The van der Waals surface area contributed by atoms with E-state index >= 15 is 0 Å². The summed E-state index contributed by atoms with van der Waals surface area (Å²) in [5.41, 5.74) is -0.132. The van der Waals surface area contributed by atoms with E-state index in [2.05, 4.69) is 10.6 Å². The Morgan fingerprint density at radius 3 is 2.52 bits per heavy atom. The van der Waals surface area contributed by atoms with Gasteiger partial charge in [0.25, 0.3) is 0 Å². The fraction of sp³-hybridized carbons (Fsp3) is 0.235. The van der Waals surface area contributed by atoms with Gasteiger partial charge in [0.05, 0.1) is 11.3 Å². The highest BCUT2D eigenvalue weighted by molar-refractivity contribution is 7.98. The first-order valence-corrected chi connectivity index (χ1v) is 8.93. The van der Waals surface area contributed by atoms with E-state index in [0.717, 1.165) is 17.9 Å². The zero-order valence-corrected chi connectivity index (χ0v) is 14.6. The average Bonchev–Trinajstić information content (AvgIpc) is 2.56. The zero-order valence-electron chi connectivity index (χ0n) is 13.1. The monoisotopic (exact) mass is 388 g/mol. The molecular weight excluding hydrogens is 373 g/mol. The number of hydrogen-bond acceptors (Lipinski definition) is 2. The maximum absolute atomic E-state index is 13.0. The number of amides is 2. The van der Waals surface area contributed by atoms with Gasteiger partial charge in [0.1, 0.15) is 0 Å². The first-order valence-electron chi connectivity index (χ1n) is 7.39. The van der Waals surface area contributed by atoms with Crippen molar-refractivity contribution in [3.63, 3.8) is 0 Å². The molecule has 0 radical (unpaired) electrons. The van der Waals surface area contributed by atoms with Gasteiger partial charge in [0.2, 0.25) is 0 Å². The van der Waals surface area contributed by atoms with Crippen molar-refractivity contribution in [3.8, 4) is 0 Å². The number of halogens is 4. The summed E-state index contributed by atoms with van der Waals surface area (Å²) in [5, 5.41) is 4.71. The van der Waals surface area contributed by atoms with Crippen LogP contribution in [0.2, 0.25) is 5.02 Å². The molecule has 3 nitrogen and oxygen atoms in total. The van der Waals surface area contributed by atoms with Crippen molar-refractivity contribution < 1.29 is 18.0 Å². The first kappa shape index (κ1) is 19.5. The third-order valence-electron chi connectivity index (χ3n) is 3.18. The van der Waals surface area contributed by atoms with Crippen LogP contribution in [-0.2, 0) is 11.9 Å². The molecule has 2 amide bonds. The highest BCUT2D eigenvalue weighted by atomic mass is 35.5. The maximum atomic E-state index is 13.0. The summed E-state index contributed by atoms with van der Waals surface area (Å²) in [5.74, 6) is 1.45. The Morgan fingerprint density at radius 1 is 1.12 bits per heavy atom. The van der Waals surface area contributed by atoms with Gasteiger partial charge in [0, 0.05) is 23.1 Å². The van der Waals surface area contributed by atoms with Gasteiger partial charge in [-0.15, -0.1) is 0 Å². The van der Waals surface area contributed by atoms with Crippen molar-refractivity contribution in [1.82, 2.24) is 5.32 Å². The standard InChI is InChI=1S/C17H16ClF3N2OS/c18-13-6-7-15(14(10-13)17(19,20)21)23-16(24)22-8-9-25-11-12-4-2-1-3-5-12/h1-7,10H,8-9,11H2,(H2,22,23,24). The number of rotatable bonds is 6. The normalized spacial score (nSPS) is 11.2. The minimum absolute atomic E-state index is 0.0457. The summed E-state index contributed by atoms with van der Waals surface area (Å²) in [6, 6.07) is 12.4. The summed E-state index contributed by atoms with van der Waals surface area (Å²) in [6.07, 6.45) is -4.60. The molecule has 0 spiro atoms. The SMILES string of the molecule is O=C(NCCSCc1ccccc1)Nc1ccc(Cl)cc1C(F)(F)F. The third kappa shape index (κ3) is 6.51. The van der Waals surface area contributed by atoms with E-state index in [9.17, 15) is 18.0 Å². The van der Waals surface area contributed by atoms with E-state index < -0.39 is 17.8 Å². The van der Waals surface area contributed by atoms with Crippen molar-refractivity contribution >= 4 is 35.1 Å². The lowest BCUT2D eigenvalue weighted by atomic mass is 10.1. The van der Waals surface area contributed by atoms with Gasteiger partial charge < -0.3 is 10.6 Å². The van der Waals surface area contributed by atoms with Crippen molar-refractivity contribution in [1.29, 1.82) is 0 Å². The van der Waals surface area contributed by atoms with Crippen molar-refractivity contribution in [2.75, 3.05) is 17.6 Å². The number of benzene rings is 2. The molecule has 0 bridgehead atoms. The number of nitrogens with one attached hydrogen (secondary N) is 2. The predicted octanol–water partition coefficient (Wildman–Crippen LogP) is 5.41. The molecule has 2 N–H and O–H groups in total. The number of hydrogen-bond donors (Lipinski definition) is 2. The van der Waals surface area contributed by atoms with Gasteiger partial charge in [-0.1, -0.05) is 41.9 Å². The van der Waals surface area contributed by atoms with Crippen LogP contribution in [-0.4, -0.2) is 18.3 Å². The van der Waals surface area contributed by atoms with E-state index in [0.29, 0.717) is 12.3 Å². The molecule has 0 aliphatic heterocycles. The first-order chi connectivity index (χ1) is 11.9. The lowest BCUT2D eigenvalue weighted by Gasteiger charge is -2.14. The topological polar surface area (TPSA) is 41.1 Å². The molecular formula is C17H16ClF3N2OS. The van der Waals surface area contributed by atoms with Crippen LogP contribution in [0.4, 0.5) is 23.7 Å². The fourth-order valence-corrected chi connectivity index (χ4v) is 3.02. The molecule has 0 aliphatic carbocycles. The third-order valence-corrected chi connectivity index (χ3v) is 4.44. The van der Waals surface area contributed by atoms with Gasteiger partial charge in [-0.25, -0.2) is 4.79 Å². The van der Waals surface area contributed by atoms with Crippen LogP contribution < -0.4 is 10.6 Å². The van der Waals surface area contributed by atoms with Gasteiger partial charge >= 0.3 is 12.2 Å². The number of urea groups is 1. The Balaban J connectivity index is 1.79. The highest BCUT2D eigenvalue weighted by Gasteiger charge is 2.34. The van der Waals surface area contributed by atoms with E-state index in [4.69, 9.17) is 11.6 Å². The molecule has 2 rings (SSSR count). The molecule has 25 heavy (non-hydrogen) atoms. The lowest BCUT2D eigenvalue weighted by Crippen LogP contribution is -2.31. The van der Waals surface area contributed by atoms with E-state index in [-0.39, 0.29) is 10.7 Å². The Bertz CT molecular complexity index is 711. The number of alkyl halides is 3.